The first-order valence-electron chi connectivity index (χ1n) is 7.80. The molecule has 3 rings (SSSR count). The van der Waals surface area contributed by atoms with Crippen molar-refractivity contribution in [1.29, 1.82) is 0 Å². The minimum atomic E-state index is 0.674. The summed E-state index contributed by atoms with van der Waals surface area (Å²) >= 11 is 5.91. The largest absolute Gasteiger partial charge is 0.497 e. The van der Waals surface area contributed by atoms with Gasteiger partial charge in [0.2, 0.25) is 0 Å². The van der Waals surface area contributed by atoms with Gasteiger partial charge in [-0.25, -0.2) is 4.98 Å². The van der Waals surface area contributed by atoms with Crippen LogP contribution in [0.1, 0.15) is 11.4 Å². The molecular formula is C19H20ClN3O. The maximum absolute atomic E-state index is 5.91. The van der Waals surface area contributed by atoms with Gasteiger partial charge in [0.15, 0.2) is 0 Å². The molecule has 0 aliphatic rings. The first-order chi connectivity index (χ1) is 11.7. The number of fused-ring (bicyclic) bond motifs is 1. The molecule has 0 aliphatic carbocycles. The van der Waals surface area contributed by atoms with Gasteiger partial charge in [0.1, 0.15) is 11.6 Å². The fourth-order valence-electron chi connectivity index (χ4n) is 2.68. The van der Waals surface area contributed by atoms with Crippen molar-refractivity contribution in [2.24, 2.45) is 0 Å². The second-order valence-electron chi connectivity index (χ2n) is 5.51. The average molecular weight is 342 g/mol. The molecule has 0 atom stereocenters. The van der Waals surface area contributed by atoms with Gasteiger partial charge in [-0.3, -0.25) is 0 Å². The fraction of sp³-hybridized carbons (Fsp3) is 0.211. The Morgan fingerprint density at radius 1 is 1.21 bits per heavy atom. The molecule has 0 saturated heterocycles. The minimum absolute atomic E-state index is 0.674. The number of imidazole rings is 1. The molecule has 2 aromatic carbocycles. The normalized spacial score (nSPS) is 10.9. The SMILES string of the molecule is C=CCn1c(CNCc2ccc(Cl)cc2)nc2cc(OC)ccc21. The van der Waals surface area contributed by atoms with Crippen LogP contribution in [0.2, 0.25) is 5.02 Å². The highest BCUT2D eigenvalue weighted by Crippen LogP contribution is 2.22. The number of hydrogen-bond donors (Lipinski definition) is 1. The van der Waals surface area contributed by atoms with Crippen LogP contribution in [0.15, 0.2) is 55.1 Å². The van der Waals surface area contributed by atoms with E-state index in [1.165, 1.54) is 5.56 Å². The van der Waals surface area contributed by atoms with E-state index in [-0.39, 0.29) is 0 Å². The molecule has 24 heavy (non-hydrogen) atoms. The predicted octanol–water partition coefficient (Wildman–Crippen LogP) is 4.17. The van der Waals surface area contributed by atoms with E-state index in [1.807, 2.05) is 48.5 Å². The molecule has 0 bridgehead atoms. The maximum atomic E-state index is 5.91. The van der Waals surface area contributed by atoms with Crippen LogP contribution in [-0.2, 0) is 19.6 Å². The van der Waals surface area contributed by atoms with E-state index in [2.05, 4.69) is 16.5 Å². The molecule has 0 radical (unpaired) electrons. The Balaban J connectivity index is 1.78. The molecule has 4 nitrogen and oxygen atoms in total. The van der Waals surface area contributed by atoms with Crippen molar-refractivity contribution in [3.63, 3.8) is 0 Å². The van der Waals surface area contributed by atoms with Crippen LogP contribution < -0.4 is 10.1 Å². The number of halogens is 1. The molecule has 0 aliphatic heterocycles. The summed E-state index contributed by atoms with van der Waals surface area (Å²) in [5, 5.41) is 4.18. The summed E-state index contributed by atoms with van der Waals surface area (Å²) in [6.07, 6.45) is 1.88. The summed E-state index contributed by atoms with van der Waals surface area (Å²) in [7, 11) is 1.66. The molecule has 0 fully saturated rings. The zero-order valence-corrected chi connectivity index (χ0v) is 14.4. The molecule has 124 valence electrons. The highest BCUT2D eigenvalue weighted by Gasteiger charge is 2.10. The van der Waals surface area contributed by atoms with Crippen LogP contribution in [0.4, 0.5) is 0 Å². The van der Waals surface area contributed by atoms with Crippen LogP contribution in [0.25, 0.3) is 11.0 Å². The molecule has 1 N–H and O–H groups in total. The van der Waals surface area contributed by atoms with Crippen LogP contribution in [-0.4, -0.2) is 16.7 Å². The number of rotatable bonds is 7. The van der Waals surface area contributed by atoms with Crippen molar-refractivity contribution in [2.45, 2.75) is 19.6 Å². The highest BCUT2D eigenvalue weighted by atomic mass is 35.5. The Kier molecular flexibility index (Phi) is 5.18. The van der Waals surface area contributed by atoms with Gasteiger partial charge in [-0.15, -0.1) is 6.58 Å². The predicted molar refractivity (Wildman–Crippen MR) is 98.5 cm³/mol. The molecule has 3 aromatic rings. The maximum Gasteiger partial charge on any atom is 0.124 e. The monoisotopic (exact) mass is 341 g/mol. The van der Waals surface area contributed by atoms with Crippen molar-refractivity contribution < 1.29 is 4.74 Å². The van der Waals surface area contributed by atoms with Crippen molar-refractivity contribution in [1.82, 2.24) is 14.9 Å². The number of nitrogens with one attached hydrogen (secondary N) is 1. The average Bonchev–Trinajstić information content (AvgIpc) is 2.94. The number of methoxy groups -OCH3 is 1. The topological polar surface area (TPSA) is 39.1 Å². The first-order valence-corrected chi connectivity index (χ1v) is 8.18. The number of nitrogens with zero attached hydrogens (tertiary/aromatic N) is 2. The van der Waals surface area contributed by atoms with Crippen LogP contribution in [0.3, 0.4) is 0 Å². The van der Waals surface area contributed by atoms with E-state index in [0.717, 1.165) is 40.7 Å². The van der Waals surface area contributed by atoms with Gasteiger partial charge in [0.25, 0.3) is 0 Å². The number of ether oxygens (including phenoxy) is 1. The lowest BCUT2D eigenvalue weighted by atomic mass is 10.2. The molecular weight excluding hydrogens is 322 g/mol. The van der Waals surface area contributed by atoms with Gasteiger partial charge in [-0.05, 0) is 29.8 Å². The summed E-state index contributed by atoms with van der Waals surface area (Å²) in [6.45, 7) is 6.01. The highest BCUT2D eigenvalue weighted by molar-refractivity contribution is 6.30. The molecule has 0 amide bonds. The van der Waals surface area contributed by atoms with Gasteiger partial charge in [0.05, 0.1) is 24.7 Å². The second kappa shape index (κ2) is 7.51. The summed E-state index contributed by atoms with van der Waals surface area (Å²) < 4.78 is 7.45. The second-order valence-corrected chi connectivity index (χ2v) is 5.95. The zero-order valence-electron chi connectivity index (χ0n) is 13.6. The summed E-state index contributed by atoms with van der Waals surface area (Å²) in [4.78, 5) is 4.74. The molecule has 1 aromatic heterocycles. The van der Waals surface area contributed by atoms with E-state index in [9.17, 15) is 0 Å². The van der Waals surface area contributed by atoms with E-state index in [4.69, 9.17) is 21.3 Å². The zero-order chi connectivity index (χ0) is 16.9. The summed E-state index contributed by atoms with van der Waals surface area (Å²) in [5.74, 6) is 1.79. The van der Waals surface area contributed by atoms with Crippen LogP contribution in [0, 0.1) is 0 Å². The van der Waals surface area contributed by atoms with Gasteiger partial charge in [-0.2, -0.15) is 0 Å². The summed E-state index contributed by atoms with van der Waals surface area (Å²) in [6, 6.07) is 13.8. The Labute approximate surface area is 146 Å². The van der Waals surface area contributed by atoms with Crippen molar-refractivity contribution >= 4 is 22.6 Å². The lowest BCUT2D eigenvalue weighted by Crippen LogP contribution is -2.16. The summed E-state index contributed by atoms with van der Waals surface area (Å²) in [5.41, 5.74) is 3.20. The number of allylic oxidation sites excluding steroid dienone is 1. The Morgan fingerprint density at radius 2 is 2.00 bits per heavy atom. The molecule has 0 unspecified atom stereocenters. The van der Waals surface area contributed by atoms with Gasteiger partial charge < -0.3 is 14.6 Å². The molecule has 0 spiro atoms. The third kappa shape index (κ3) is 3.61. The van der Waals surface area contributed by atoms with E-state index in [1.54, 1.807) is 7.11 Å². The Morgan fingerprint density at radius 3 is 2.71 bits per heavy atom. The lowest BCUT2D eigenvalue weighted by molar-refractivity contribution is 0.415. The minimum Gasteiger partial charge on any atom is -0.497 e. The Bertz CT molecular complexity index is 840. The van der Waals surface area contributed by atoms with Crippen LogP contribution in [0.5, 0.6) is 5.75 Å². The van der Waals surface area contributed by atoms with Gasteiger partial charge in [0, 0.05) is 24.2 Å². The third-order valence-corrected chi connectivity index (χ3v) is 4.12. The van der Waals surface area contributed by atoms with Crippen molar-refractivity contribution in [3.8, 4) is 5.75 Å². The number of aromatic nitrogens is 2. The Hall–Kier alpha value is -2.30. The van der Waals surface area contributed by atoms with Crippen LogP contribution >= 0.6 is 11.6 Å². The quantitative estimate of drug-likeness (QED) is 0.655. The smallest absolute Gasteiger partial charge is 0.124 e. The van der Waals surface area contributed by atoms with Gasteiger partial charge >= 0.3 is 0 Å². The molecule has 0 saturated carbocycles. The standard InChI is InChI=1S/C19H20ClN3O/c1-3-10-23-18-9-8-16(24-2)11-17(18)22-19(23)13-21-12-14-4-6-15(20)7-5-14/h3-9,11,21H,1,10,12-13H2,2H3. The van der Waals surface area contributed by atoms with E-state index in [0.29, 0.717) is 6.54 Å². The first kappa shape index (κ1) is 16.6. The number of benzene rings is 2. The molecule has 5 heteroatoms. The third-order valence-electron chi connectivity index (χ3n) is 3.87. The van der Waals surface area contributed by atoms with Crippen molar-refractivity contribution in [2.75, 3.05) is 7.11 Å². The molecule has 1 heterocycles. The van der Waals surface area contributed by atoms with Crippen molar-refractivity contribution in [3.05, 3.63) is 71.5 Å². The lowest BCUT2D eigenvalue weighted by Gasteiger charge is -2.08. The van der Waals surface area contributed by atoms with E-state index < -0.39 is 0 Å². The van der Waals surface area contributed by atoms with E-state index >= 15 is 0 Å². The fourth-order valence-corrected chi connectivity index (χ4v) is 2.80. The number of hydrogen-bond acceptors (Lipinski definition) is 3. The van der Waals surface area contributed by atoms with Gasteiger partial charge in [-0.1, -0.05) is 29.8 Å².